The van der Waals surface area contributed by atoms with Gasteiger partial charge in [-0.2, -0.15) is 5.10 Å². The van der Waals surface area contributed by atoms with Crippen molar-refractivity contribution in [2.75, 3.05) is 6.54 Å². The summed E-state index contributed by atoms with van der Waals surface area (Å²) in [6.07, 6.45) is 3.32. The van der Waals surface area contributed by atoms with Gasteiger partial charge in [0.05, 0.1) is 12.4 Å². The van der Waals surface area contributed by atoms with Crippen LogP contribution in [0.1, 0.15) is 12.5 Å². The van der Waals surface area contributed by atoms with E-state index in [0.29, 0.717) is 18.0 Å². The number of nitrogens with zero attached hydrogens (tertiary/aromatic N) is 2. The first kappa shape index (κ1) is 12.6. The highest BCUT2D eigenvalue weighted by Crippen LogP contribution is 2.23. The van der Waals surface area contributed by atoms with Crippen LogP contribution in [0.2, 0.25) is 0 Å². The van der Waals surface area contributed by atoms with Crippen LogP contribution >= 0.6 is 0 Å². The molecule has 0 amide bonds. The molecule has 0 aliphatic heterocycles. The average molecular weight is 249 g/mol. The quantitative estimate of drug-likeness (QED) is 0.884. The van der Waals surface area contributed by atoms with Gasteiger partial charge >= 0.3 is 0 Å². The van der Waals surface area contributed by atoms with Crippen molar-refractivity contribution in [1.29, 1.82) is 0 Å². The van der Waals surface area contributed by atoms with Gasteiger partial charge in [-0.25, -0.2) is 4.39 Å². The molecule has 0 fully saturated rings. The van der Waals surface area contributed by atoms with E-state index in [2.05, 4.69) is 10.4 Å². The van der Waals surface area contributed by atoms with Gasteiger partial charge in [-0.1, -0.05) is 6.92 Å². The average Bonchev–Trinajstić information content (AvgIpc) is 2.71. The van der Waals surface area contributed by atoms with Gasteiger partial charge in [-0.15, -0.1) is 0 Å². The molecule has 96 valence electrons. The maximum absolute atomic E-state index is 13.4. The van der Waals surface area contributed by atoms with Crippen LogP contribution in [0.15, 0.2) is 30.6 Å². The monoisotopic (exact) mass is 249 g/mol. The summed E-state index contributed by atoms with van der Waals surface area (Å²) in [4.78, 5) is 0. The van der Waals surface area contributed by atoms with Gasteiger partial charge in [-0.3, -0.25) is 4.68 Å². The maximum atomic E-state index is 13.4. The molecule has 0 saturated heterocycles. The first-order valence-electron chi connectivity index (χ1n) is 5.84. The van der Waals surface area contributed by atoms with Crippen LogP contribution in [-0.4, -0.2) is 16.3 Å². The molecule has 2 aromatic rings. The Bertz CT molecular complexity index is 525. The molecule has 4 nitrogen and oxygen atoms in total. The summed E-state index contributed by atoms with van der Waals surface area (Å²) >= 11 is 0. The number of ether oxygens (including phenoxy) is 1. The third kappa shape index (κ3) is 3.30. The Morgan fingerprint density at radius 3 is 2.83 bits per heavy atom. The molecule has 0 spiro atoms. The van der Waals surface area contributed by atoms with Crippen molar-refractivity contribution in [1.82, 2.24) is 15.1 Å². The summed E-state index contributed by atoms with van der Waals surface area (Å²) in [7, 11) is 1.80. The fraction of sp³-hybridized carbons (Fsp3) is 0.308. The molecular formula is C13H16FN3O. The summed E-state index contributed by atoms with van der Waals surface area (Å²) in [5.41, 5.74) is 0.857. The molecule has 0 radical (unpaired) electrons. The van der Waals surface area contributed by atoms with E-state index in [1.165, 1.54) is 12.1 Å². The van der Waals surface area contributed by atoms with Crippen LogP contribution in [0, 0.1) is 5.82 Å². The van der Waals surface area contributed by atoms with Gasteiger partial charge in [0.25, 0.3) is 0 Å². The van der Waals surface area contributed by atoms with Crippen LogP contribution in [0.25, 0.3) is 0 Å². The predicted octanol–water partition coefficient (Wildman–Crippen LogP) is 2.46. The lowest BCUT2D eigenvalue weighted by Gasteiger charge is -2.07. The van der Waals surface area contributed by atoms with E-state index in [0.717, 1.165) is 12.1 Å². The van der Waals surface area contributed by atoms with E-state index in [4.69, 9.17) is 4.74 Å². The minimum absolute atomic E-state index is 0.302. The molecule has 0 unspecified atom stereocenters. The predicted molar refractivity (Wildman–Crippen MR) is 67.1 cm³/mol. The van der Waals surface area contributed by atoms with Crippen molar-refractivity contribution in [2.45, 2.75) is 13.5 Å². The minimum atomic E-state index is -0.302. The second kappa shape index (κ2) is 5.64. The molecule has 1 N–H and O–H groups in total. The lowest BCUT2D eigenvalue weighted by Crippen LogP contribution is -2.11. The van der Waals surface area contributed by atoms with E-state index in [9.17, 15) is 4.39 Å². The van der Waals surface area contributed by atoms with E-state index in [1.807, 2.05) is 13.0 Å². The molecule has 0 atom stereocenters. The number of hydrogen-bond acceptors (Lipinski definition) is 3. The zero-order chi connectivity index (χ0) is 13.0. The van der Waals surface area contributed by atoms with Crippen molar-refractivity contribution < 1.29 is 9.13 Å². The Morgan fingerprint density at radius 2 is 2.17 bits per heavy atom. The Labute approximate surface area is 105 Å². The van der Waals surface area contributed by atoms with Crippen molar-refractivity contribution in [3.63, 3.8) is 0 Å². The zero-order valence-corrected chi connectivity index (χ0v) is 10.5. The van der Waals surface area contributed by atoms with Gasteiger partial charge < -0.3 is 10.1 Å². The topological polar surface area (TPSA) is 39.1 Å². The summed E-state index contributed by atoms with van der Waals surface area (Å²) in [5.74, 6) is 0.776. The Morgan fingerprint density at radius 1 is 1.33 bits per heavy atom. The van der Waals surface area contributed by atoms with E-state index in [-0.39, 0.29) is 5.82 Å². The molecule has 2 rings (SSSR count). The highest BCUT2D eigenvalue weighted by Gasteiger charge is 2.04. The van der Waals surface area contributed by atoms with Gasteiger partial charge in [0.15, 0.2) is 5.75 Å². The molecular weight excluding hydrogens is 233 g/mol. The SMILES string of the molecule is CCNCc1cc(F)cc(Oc2cnn(C)c2)c1. The lowest BCUT2D eigenvalue weighted by atomic mass is 10.2. The largest absolute Gasteiger partial charge is 0.454 e. The Kier molecular flexibility index (Phi) is 3.94. The fourth-order valence-electron chi connectivity index (χ4n) is 1.64. The second-order valence-corrected chi connectivity index (χ2v) is 4.03. The normalized spacial score (nSPS) is 10.6. The first-order valence-corrected chi connectivity index (χ1v) is 5.84. The number of rotatable bonds is 5. The third-order valence-corrected chi connectivity index (χ3v) is 2.43. The fourth-order valence-corrected chi connectivity index (χ4v) is 1.64. The number of benzene rings is 1. The molecule has 0 bridgehead atoms. The molecule has 1 aromatic carbocycles. The second-order valence-electron chi connectivity index (χ2n) is 4.03. The maximum Gasteiger partial charge on any atom is 0.165 e. The number of halogens is 1. The standard InChI is InChI=1S/C13H16FN3O/c1-3-15-7-10-4-11(14)6-12(5-10)18-13-8-16-17(2)9-13/h4-6,8-9,15H,3,7H2,1-2H3. The number of nitrogens with one attached hydrogen (secondary N) is 1. The molecule has 0 saturated carbocycles. The molecule has 0 aliphatic rings. The number of aryl methyl sites for hydroxylation is 1. The van der Waals surface area contributed by atoms with Crippen LogP contribution in [0.5, 0.6) is 11.5 Å². The summed E-state index contributed by atoms with van der Waals surface area (Å²) in [6.45, 7) is 3.47. The van der Waals surface area contributed by atoms with Crippen molar-refractivity contribution >= 4 is 0 Å². The molecule has 5 heteroatoms. The summed E-state index contributed by atoms with van der Waals surface area (Å²) < 4.78 is 20.6. The summed E-state index contributed by atoms with van der Waals surface area (Å²) in [5, 5.41) is 7.14. The molecule has 1 heterocycles. The van der Waals surface area contributed by atoms with Crippen molar-refractivity contribution in [2.24, 2.45) is 7.05 Å². The minimum Gasteiger partial charge on any atom is -0.454 e. The van der Waals surface area contributed by atoms with Gasteiger partial charge in [0.1, 0.15) is 11.6 Å². The first-order chi connectivity index (χ1) is 8.67. The van der Waals surface area contributed by atoms with E-state index >= 15 is 0 Å². The zero-order valence-electron chi connectivity index (χ0n) is 10.5. The number of hydrogen-bond donors (Lipinski definition) is 1. The van der Waals surface area contributed by atoms with Gasteiger partial charge in [-0.05, 0) is 24.2 Å². The van der Waals surface area contributed by atoms with Crippen LogP contribution in [0.4, 0.5) is 4.39 Å². The molecule has 18 heavy (non-hydrogen) atoms. The van der Waals surface area contributed by atoms with Gasteiger partial charge in [0.2, 0.25) is 0 Å². The Hall–Kier alpha value is -1.88. The van der Waals surface area contributed by atoms with Crippen molar-refractivity contribution in [3.05, 3.63) is 42.0 Å². The van der Waals surface area contributed by atoms with Crippen molar-refractivity contribution in [3.8, 4) is 11.5 Å². The highest BCUT2D eigenvalue weighted by atomic mass is 19.1. The van der Waals surface area contributed by atoms with Crippen LogP contribution in [0.3, 0.4) is 0 Å². The highest BCUT2D eigenvalue weighted by molar-refractivity contribution is 5.33. The van der Waals surface area contributed by atoms with Crippen LogP contribution < -0.4 is 10.1 Å². The van der Waals surface area contributed by atoms with Crippen LogP contribution in [-0.2, 0) is 13.6 Å². The third-order valence-electron chi connectivity index (χ3n) is 2.43. The smallest absolute Gasteiger partial charge is 0.165 e. The van der Waals surface area contributed by atoms with E-state index < -0.39 is 0 Å². The molecule has 1 aromatic heterocycles. The Balaban J connectivity index is 2.14. The number of aromatic nitrogens is 2. The summed E-state index contributed by atoms with van der Waals surface area (Å²) in [6, 6.07) is 4.68. The lowest BCUT2D eigenvalue weighted by molar-refractivity contribution is 0.474. The molecule has 0 aliphatic carbocycles. The van der Waals surface area contributed by atoms with Gasteiger partial charge in [0, 0.05) is 19.7 Å². The van der Waals surface area contributed by atoms with E-state index in [1.54, 1.807) is 24.1 Å².